The number of allylic oxidation sites excluding steroid dienone is 3. The van der Waals surface area contributed by atoms with Crippen LogP contribution < -0.4 is 0 Å². The SMILES string of the molecule is [CH2]C=C(C)CCC=C(C)C1CC(=O)C(C)(C)O1. The molecule has 0 aromatic heterocycles. The molecule has 0 aliphatic carbocycles. The molecule has 0 bridgehead atoms. The molecule has 1 unspecified atom stereocenters. The Balaban J connectivity index is 2.52. The molecule has 0 amide bonds. The molecule has 2 nitrogen and oxygen atoms in total. The number of ketones is 1. The maximum atomic E-state index is 11.7. The number of rotatable bonds is 4. The van der Waals surface area contributed by atoms with E-state index in [1.54, 1.807) is 0 Å². The molecule has 1 saturated heterocycles. The van der Waals surface area contributed by atoms with Gasteiger partial charge in [-0.1, -0.05) is 17.7 Å². The van der Waals surface area contributed by atoms with Gasteiger partial charge in [-0.2, -0.15) is 0 Å². The van der Waals surface area contributed by atoms with Crippen LogP contribution in [0.1, 0.15) is 47.0 Å². The van der Waals surface area contributed by atoms with Gasteiger partial charge in [-0.15, -0.1) is 0 Å². The molecule has 17 heavy (non-hydrogen) atoms. The van der Waals surface area contributed by atoms with Crippen LogP contribution in [0, 0.1) is 6.92 Å². The smallest absolute Gasteiger partial charge is 0.167 e. The predicted molar refractivity (Wildman–Crippen MR) is 70.7 cm³/mol. The fourth-order valence-corrected chi connectivity index (χ4v) is 1.89. The van der Waals surface area contributed by atoms with Crippen molar-refractivity contribution in [2.45, 2.75) is 58.7 Å². The first-order valence-electron chi connectivity index (χ1n) is 6.19. The van der Waals surface area contributed by atoms with Gasteiger partial charge in [0.1, 0.15) is 5.60 Å². The zero-order valence-corrected chi connectivity index (χ0v) is 11.4. The van der Waals surface area contributed by atoms with E-state index in [-0.39, 0.29) is 11.9 Å². The Hall–Kier alpha value is -0.890. The summed E-state index contributed by atoms with van der Waals surface area (Å²) in [5.74, 6) is 0.198. The Kier molecular flexibility index (Phi) is 4.70. The molecule has 0 N–H and O–H groups in total. The fourth-order valence-electron chi connectivity index (χ4n) is 1.89. The Morgan fingerprint density at radius 2 is 2.18 bits per heavy atom. The average Bonchev–Trinajstić information content (AvgIpc) is 2.53. The van der Waals surface area contributed by atoms with Crippen LogP contribution in [-0.4, -0.2) is 17.5 Å². The van der Waals surface area contributed by atoms with Gasteiger partial charge in [0, 0.05) is 6.42 Å². The number of hydrogen-bond donors (Lipinski definition) is 0. The van der Waals surface area contributed by atoms with Crippen molar-refractivity contribution < 1.29 is 9.53 Å². The molecule has 1 atom stereocenters. The van der Waals surface area contributed by atoms with Crippen molar-refractivity contribution in [2.24, 2.45) is 0 Å². The van der Waals surface area contributed by atoms with Crippen LogP contribution in [-0.2, 0) is 9.53 Å². The van der Waals surface area contributed by atoms with E-state index < -0.39 is 5.60 Å². The third-order valence-corrected chi connectivity index (χ3v) is 3.34. The van der Waals surface area contributed by atoms with E-state index in [1.165, 1.54) is 11.1 Å². The zero-order valence-electron chi connectivity index (χ0n) is 11.4. The summed E-state index contributed by atoms with van der Waals surface area (Å²) in [6.45, 7) is 11.6. The van der Waals surface area contributed by atoms with E-state index in [2.05, 4.69) is 19.9 Å². The Morgan fingerprint density at radius 3 is 2.65 bits per heavy atom. The monoisotopic (exact) mass is 235 g/mol. The number of ether oxygens (including phenoxy) is 1. The van der Waals surface area contributed by atoms with Gasteiger partial charge in [0.2, 0.25) is 0 Å². The summed E-state index contributed by atoms with van der Waals surface area (Å²) in [6, 6.07) is 0. The van der Waals surface area contributed by atoms with E-state index in [4.69, 9.17) is 4.74 Å². The van der Waals surface area contributed by atoms with Crippen molar-refractivity contribution in [3.63, 3.8) is 0 Å². The summed E-state index contributed by atoms with van der Waals surface area (Å²) in [5.41, 5.74) is 1.85. The van der Waals surface area contributed by atoms with Gasteiger partial charge in [0.05, 0.1) is 6.10 Å². The molecule has 0 spiro atoms. The summed E-state index contributed by atoms with van der Waals surface area (Å²) in [5, 5.41) is 0. The molecular weight excluding hydrogens is 212 g/mol. The highest BCUT2D eigenvalue weighted by molar-refractivity contribution is 5.89. The average molecular weight is 235 g/mol. The minimum Gasteiger partial charge on any atom is -0.360 e. The summed E-state index contributed by atoms with van der Waals surface area (Å²) < 4.78 is 5.76. The lowest BCUT2D eigenvalue weighted by Gasteiger charge is -2.18. The minimum atomic E-state index is -0.608. The van der Waals surface area contributed by atoms with Gasteiger partial charge in [-0.25, -0.2) is 0 Å². The number of hydrogen-bond acceptors (Lipinski definition) is 2. The highest BCUT2D eigenvalue weighted by Gasteiger charge is 2.40. The van der Waals surface area contributed by atoms with Crippen LogP contribution in [0.2, 0.25) is 0 Å². The fraction of sp³-hybridized carbons (Fsp3) is 0.600. The third-order valence-electron chi connectivity index (χ3n) is 3.34. The molecule has 1 radical (unpaired) electrons. The Labute approximate surface area is 105 Å². The van der Waals surface area contributed by atoms with E-state index >= 15 is 0 Å². The van der Waals surface area contributed by atoms with Crippen molar-refractivity contribution >= 4 is 5.78 Å². The first-order chi connectivity index (χ1) is 7.86. The van der Waals surface area contributed by atoms with Gasteiger partial charge >= 0.3 is 0 Å². The van der Waals surface area contributed by atoms with Crippen molar-refractivity contribution in [3.8, 4) is 0 Å². The van der Waals surface area contributed by atoms with Gasteiger partial charge < -0.3 is 4.74 Å². The van der Waals surface area contributed by atoms with E-state index in [0.29, 0.717) is 6.42 Å². The van der Waals surface area contributed by atoms with Gasteiger partial charge in [-0.3, -0.25) is 4.79 Å². The quantitative estimate of drug-likeness (QED) is 0.695. The number of carbonyl (C=O) groups is 1. The van der Waals surface area contributed by atoms with Gasteiger partial charge in [0.15, 0.2) is 5.78 Å². The lowest BCUT2D eigenvalue weighted by Crippen LogP contribution is -2.27. The van der Waals surface area contributed by atoms with E-state index in [1.807, 2.05) is 26.8 Å². The molecule has 95 valence electrons. The summed E-state index contributed by atoms with van der Waals surface area (Å²) >= 11 is 0. The first-order valence-corrected chi connectivity index (χ1v) is 6.19. The molecule has 0 aromatic rings. The molecule has 1 aliphatic rings. The molecule has 1 aliphatic heterocycles. The van der Waals surface area contributed by atoms with Crippen LogP contribution in [0.15, 0.2) is 23.3 Å². The minimum absolute atomic E-state index is 0.0264. The van der Waals surface area contributed by atoms with Crippen LogP contribution >= 0.6 is 0 Å². The first kappa shape index (κ1) is 14.2. The van der Waals surface area contributed by atoms with Crippen LogP contribution in [0.25, 0.3) is 0 Å². The predicted octanol–water partition coefficient (Wildman–Crippen LogP) is 3.63. The number of Topliss-reactive ketones (excluding diaryl/α,β-unsaturated/α-hetero) is 1. The zero-order chi connectivity index (χ0) is 13.1. The molecule has 1 heterocycles. The standard InChI is InChI=1S/C15H23O2/c1-6-11(2)8-7-9-12(3)13-10-14(16)15(4,5)17-13/h6,9,13H,1,7-8,10H2,2-5H3. The van der Waals surface area contributed by atoms with Crippen molar-refractivity contribution in [2.75, 3.05) is 0 Å². The normalized spacial score (nSPS) is 25.5. The summed E-state index contributed by atoms with van der Waals surface area (Å²) in [7, 11) is 0. The topological polar surface area (TPSA) is 26.3 Å². The molecule has 2 heteroatoms. The highest BCUT2D eigenvalue weighted by atomic mass is 16.5. The van der Waals surface area contributed by atoms with Crippen LogP contribution in [0.3, 0.4) is 0 Å². The van der Waals surface area contributed by atoms with E-state index in [0.717, 1.165) is 12.8 Å². The lowest BCUT2D eigenvalue weighted by molar-refractivity contribution is -0.129. The van der Waals surface area contributed by atoms with Crippen LogP contribution in [0.4, 0.5) is 0 Å². The van der Waals surface area contributed by atoms with Crippen molar-refractivity contribution in [1.82, 2.24) is 0 Å². The summed E-state index contributed by atoms with van der Waals surface area (Å²) in [4.78, 5) is 11.7. The maximum absolute atomic E-state index is 11.7. The molecule has 1 fully saturated rings. The van der Waals surface area contributed by atoms with Gasteiger partial charge in [0.25, 0.3) is 0 Å². The Morgan fingerprint density at radius 1 is 1.53 bits per heavy atom. The summed E-state index contributed by atoms with van der Waals surface area (Å²) in [6.07, 6.45) is 6.55. The second-order valence-corrected chi connectivity index (χ2v) is 5.28. The van der Waals surface area contributed by atoms with Crippen LogP contribution in [0.5, 0.6) is 0 Å². The third kappa shape index (κ3) is 3.81. The maximum Gasteiger partial charge on any atom is 0.167 e. The van der Waals surface area contributed by atoms with Gasteiger partial charge in [-0.05, 0) is 53.0 Å². The largest absolute Gasteiger partial charge is 0.360 e. The van der Waals surface area contributed by atoms with Crippen molar-refractivity contribution in [1.29, 1.82) is 0 Å². The Bertz CT molecular complexity index is 348. The molecule has 0 aromatic carbocycles. The second kappa shape index (κ2) is 5.63. The molecule has 0 saturated carbocycles. The second-order valence-electron chi connectivity index (χ2n) is 5.28. The molecule has 1 rings (SSSR count). The van der Waals surface area contributed by atoms with Crippen molar-refractivity contribution in [3.05, 3.63) is 30.2 Å². The highest BCUT2D eigenvalue weighted by Crippen LogP contribution is 2.30. The molecular formula is C15H23O2. The number of carbonyl (C=O) groups excluding carboxylic acids is 1. The lowest BCUT2D eigenvalue weighted by atomic mass is 10.0. The van der Waals surface area contributed by atoms with E-state index in [9.17, 15) is 4.79 Å².